The number of nitrogens with one attached hydrogen (secondary N) is 1. The number of carbonyl (C=O) groups excluding carboxylic acids is 1. The summed E-state index contributed by atoms with van der Waals surface area (Å²) in [4.78, 5) is 23.5. The molecule has 7 heteroatoms. The van der Waals surface area contributed by atoms with Gasteiger partial charge in [0.25, 0.3) is 5.91 Å². The molecule has 0 aliphatic carbocycles. The summed E-state index contributed by atoms with van der Waals surface area (Å²) in [5.41, 5.74) is 5.38. The second-order valence-electron chi connectivity index (χ2n) is 5.04. The maximum atomic E-state index is 12.2. The topological polar surface area (TPSA) is 102 Å². The normalized spacial score (nSPS) is 25.4. The Morgan fingerprint density at radius 2 is 2.20 bits per heavy atom. The summed E-state index contributed by atoms with van der Waals surface area (Å²) in [5, 5.41) is 12.0. The first kappa shape index (κ1) is 14.8. The van der Waals surface area contributed by atoms with E-state index in [1.54, 1.807) is 19.1 Å². The molecule has 0 bridgehead atoms. The lowest BCUT2D eigenvalue weighted by molar-refractivity contribution is -0.148. The molecule has 2 atom stereocenters. The van der Waals surface area contributed by atoms with Crippen molar-refractivity contribution in [3.63, 3.8) is 0 Å². The zero-order chi connectivity index (χ0) is 14.9. The van der Waals surface area contributed by atoms with Crippen LogP contribution in [0, 0.1) is 5.41 Å². The molecule has 1 saturated heterocycles. The van der Waals surface area contributed by atoms with Crippen LogP contribution in [-0.2, 0) is 9.53 Å². The van der Waals surface area contributed by atoms with Crippen LogP contribution >= 0.6 is 15.9 Å². The Morgan fingerprint density at radius 3 is 2.80 bits per heavy atom. The van der Waals surface area contributed by atoms with Crippen molar-refractivity contribution in [1.29, 1.82) is 0 Å². The molecule has 4 N–H and O–H groups in total. The third-order valence-corrected chi connectivity index (χ3v) is 3.89. The average molecular weight is 343 g/mol. The number of carbonyl (C=O) groups is 2. The zero-order valence-corrected chi connectivity index (χ0v) is 12.4. The monoisotopic (exact) mass is 342 g/mol. The minimum absolute atomic E-state index is 0.0773. The zero-order valence-electron chi connectivity index (χ0n) is 10.9. The SMILES string of the molecule is CC1(C(=O)O)COCC1NC(=O)c1cc(N)cc(Br)c1. The first-order valence-electron chi connectivity index (χ1n) is 6.01. The average Bonchev–Trinajstić information content (AvgIpc) is 2.71. The van der Waals surface area contributed by atoms with Gasteiger partial charge < -0.3 is 20.9 Å². The Balaban J connectivity index is 2.17. The van der Waals surface area contributed by atoms with E-state index in [-0.39, 0.29) is 19.1 Å². The van der Waals surface area contributed by atoms with Crippen LogP contribution < -0.4 is 11.1 Å². The van der Waals surface area contributed by atoms with Crippen molar-refractivity contribution in [3.05, 3.63) is 28.2 Å². The van der Waals surface area contributed by atoms with Crippen molar-refractivity contribution in [1.82, 2.24) is 5.32 Å². The molecule has 2 rings (SSSR count). The molecular weight excluding hydrogens is 328 g/mol. The number of rotatable bonds is 3. The highest BCUT2D eigenvalue weighted by Crippen LogP contribution is 2.29. The standard InChI is InChI=1S/C13H15BrN2O4/c1-13(12(18)19)6-20-5-10(13)16-11(17)7-2-8(14)4-9(15)3-7/h2-4,10H,5-6,15H2,1H3,(H,16,17)(H,18,19). The van der Waals surface area contributed by atoms with Gasteiger partial charge in [-0.2, -0.15) is 0 Å². The fourth-order valence-electron chi connectivity index (χ4n) is 2.07. The first-order chi connectivity index (χ1) is 9.33. The van der Waals surface area contributed by atoms with E-state index in [1.807, 2.05) is 0 Å². The van der Waals surface area contributed by atoms with Crippen LogP contribution in [0.2, 0.25) is 0 Å². The number of nitrogen functional groups attached to an aromatic ring is 1. The minimum atomic E-state index is -1.12. The number of nitrogens with two attached hydrogens (primary N) is 1. The van der Waals surface area contributed by atoms with Crippen LogP contribution in [0.1, 0.15) is 17.3 Å². The number of ether oxygens (including phenoxy) is 1. The second kappa shape index (κ2) is 5.41. The lowest BCUT2D eigenvalue weighted by Gasteiger charge is -2.25. The highest BCUT2D eigenvalue weighted by Gasteiger charge is 2.47. The molecule has 0 saturated carbocycles. The molecule has 1 heterocycles. The first-order valence-corrected chi connectivity index (χ1v) is 6.80. The Morgan fingerprint density at radius 1 is 1.50 bits per heavy atom. The molecule has 1 aliphatic heterocycles. The van der Waals surface area contributed by atoms with E-state index in [2.05, 4.69) is 21.2 Å². The van der Waals surface area contributed by atoms with Crippen molar-refractivity contribution in [2.45, 2.75) is 13.0 Å². The molecule has 0 aromatic heterocycles. The van der Waals surface area contributed by atoms with E-state index >= 15 is 0 Å². The van der Waals surface area contributed by atoms with E-state index < -0.39 is 17.4 Å². The van der Waals surface area contributed by atoms with Gasteiger partial charge in [0.05, 0.1) is 19.3 Å². The van der Waals surface area contributed by atoms with Gasteiger partial charge >= 0.3 is 5.97 Å². The van der Waals surface area contributed by atoms with Gasteiger partial charge in [-0.3, -0.25) is 9.59 Å². The van der Waals surface area contributed by atoms with Crippen molar-refractivity contribution < 1.29 is 19.4 Å². The smallest absolute Gasteiger partial charge is 0.313 e. The van der Waals surface area contributed by atoms with Crippen LogP contribution in [0.15, 0.2) is 22.7 Å². The predicted molar refractivity (Wildman–Crippen MR) is 76.4 cm³/mol. The summed E-state index contributed by atoms with van der Waals surface area (Å²) in [6.45, 7) is 1.81. The predicted octanol–water partition coefficient (Wildman–Crippen LogP) is 1.25. The number of hydrogen-bond donors (Lipinski definition) is 3. The number of benzene rings is 1. The van der Waals surface area contributed by atoms with Crippen LogP contribution in [0.25, 0.3) is 0 Å². The van der Waals surface area contributed by atoms with Crippen molar-refractivity contribution in [3.8, 4) is 0 Å². The Bertz CT molecular complexity index is 543. The Labute approximate surface area is 124 Å². The van der Waals surface area contributed by atoms with E-state index in [0.717, 1.165) is 0 Å². The summed E-state index contributed by atoms with van der Waals surface area (Å²) in [7, 11) is 0. The van der Waals surface area contributed by atoms with Gasteiger partial charge in [-0.1, -0.05) is 15.9 Å². The molecule has 1 aromatic carbocycles. The molecule has 108 valence electrons. The maximum absolute atomic E-state index is 12.2. The molecule has 1 aliphatic rings. The quantitative estimate of drug-likeness (QED) is 0.717. The van der Waals surface area contributed by atoms with Crippen LogP contribution in [0.3, 0.4) is 0 Å². The number of hydrogen-bond acceptors (Lipinski definition) is 4. The molecule has 1 fully saturated rings. The van der Waals surface area contributed by atoms with Crippen LogP contribution in [-0.4, -0.2) is 36.2 Å². The Kier molecular flexibility index (Phi) is 4.01. The highest BCUT2D eigenvalue weighted by molar-refractivity contribution is 9.10. The van der Waals surface area contributed by atoms with Gasteiger partial charge in [-0.15, -0.1) is 0 Å². The fourth-order valence-corrected chi connectivity index (χ4v) is 2.58. The van der Waals surface area contributed by atoms with Gasteiger partial charge in [-0.25, -0.2) is 0 Å². The third-order valence-electron chi connectivity index (χ3n) is 3.43. The summed E-state index contributed by atoms with van der Waals surface area (Å²) >= 11 is 3.26. The number of anilines is 1. The largest absolute Gasteiger partial charge is 0.481 e. The minimum Gasteiger partial charge on any atom is -0.481 e. The van der Waals surface area contributed by atoms with Gasteiger partial charge in [0.15, 0.2) is 0 Å². The summed E-state index contributed by atoms with van der Waals surface area (Å²) in [6.07, 6.45) is 0. The van der Waals surface area contributed by atoms with Crippen LogP contribution in [0.5, 0.6) is 0 Å². The summed E-state index contributed by atoms with van der Waals surface area (Å²) in [6, 6.07) is 4.26. The molecule has 6 nitrogen and oxygen atoms in total. The van der Waals surface area contributed by atoms with Gasteiger partial charge in [-0.05, 0) is 25.1 Å². The van der Waals surface area contributed by atoms with E-state index in [1.165, 1.54) is 6.07 Å². The van der Waals surface area contributed by atoms with Crippen molar-refractivity contribution >= 4 is 33.5 Å². The molecule has 0 radical (unpaired) electrons. The number of carboxylic acids is 1. The molecular formula is C13H15BrN2O4. The van der Waals surface area contributed by atoms with E-state index in [0.29, 0.717) is 15.7 Å². The molecule has 2 unspecified atom stereocenters. The fraction of sp³-hybridized carbons (Fsp3) is 0.385. The van der Waals surface area contributed by atoms with Crippen LogP contribution in [0.4, 0.5) is 5.69 Å². The molecule has 20 heavy (non-hydrogen) atoms. The van der Waals surface area contributed by atoms with Gasteiger partial charge in [0, 0.05) is 15.7 Å². The van der Waals surface area contributed by atoms with Crippen molar-refractivity contribution in [2.75, 3.05) is 18.9 Å². The third kappa shape index (κ3) is 2.78. The van der Waals surface area contributed by atoms with Crippen molar-refractivity contribution in [2.24, 2.45) is 5.41 Å². The number of carboxylic acid groups (broad SMARTS) is 1. The van der Waals surface area contributed by atoms with E-state index in [9.17, 15) is 14.7 Å². The summed E-state index contributed by atoms with van der Waals surface area (Å²) in [5.74, 6) is -1.37. The maximum Gasteiger partial charge on any atom is 0.313 e. The molecule has 1 aromatic rings. The number of aliphatic carboxylic acids is 1. The summed E-state index contributed by atoms with van der Waals surface area (Å²) < 4.78 is 5.88. The van der Waals surface area contributed by atoms with Gasteiger partial charge in [0.1, 0.15) is 5.41 Å². The lowest BCUT2D eigenvalue weighted by atomic mass is 9.85. The second-order valence-corrected chi connectivity index (χ2v) is 5.95. The number of halogens is 1. The number of amides is 1. The highest BCUT2D eigenvalue weighted by atomic mass is 79.9. The van der Waals surface area contributed by atoms with E-state index in [4.69, 9.17) is 10.5 Å². The van der Waals surface area contributed by atoms with Gasteiger partial charge in [0.2, 0.25) is 0 Å². The molecule has 0 spiro atoms. The Hall–Kier alpha value is -1.60. The lowest BCUT2D eigenvalue weighted by Crippen LogP contribution is -2.49. The molecule has 1 amide bonds.